The first-order valence-corrected chi connectivity index (χ1v) is 11.8. The molecule has 0 spiro atoms. The summed E-state index contributed by atoms with van der Waals surface area (Å²) in [5.74, 6) is 1.27. The number of rotatable bonds is 5. The number of benzene rings is 2. The minimum atomic E-state index is -0.307. The fourth-order valence-electron chi connectivity index (χ4n) is 3.97. The second-order valence-corrected chi connectivity index (χ2v) is 9.46. The summed E-state index contributed by atoms with van der Waals surface area (Å²) in [5, 5.41) is 11.5. The van der Waals surface area contributed by atoms with Crippen molar-refractivity contribution in [3.63, 3.8) is 0 Å². The monoisotopic (exact) mass is 516 g/mol. The molecule has 168 valence electrons. The van der Waals surface area contributed by atoms with Gasteiger partial charge in [-0.05, 0) is 84.2 Å². The molecule has 1 saturated carbocycles. The number of thiocarbonyl (C=S) groups is 1. The van der Waals surface area contributed by atoms with Crippen molar-refractivity contribution in [2.24, 2.45) is 0 Å². The highest BCUT2D eigenvalue weighted by atomic mass is 79.9. The van der Waals surface area contributed by atoms with Crippen LogP contribution in [0.2, 0.25) is 0 Å². The molecule has 0 bridgehead atoms. The van der Waals surface area contributed by atoms with Gasteiger partial charge in [-0.15, -0.1) is 0 Å². The van der Waals surface area contributed by atoms with Crippen LogP contribution in [-0.2, 0) is 0 Å². The maximum absolute atomic E-state index is 13.5. The van der Waals surface area contributed by atoms with Gasteiger partial charge < -0.3 is 20.9 Å². The summed E-state index contributed by atoms with van der Waals surface area (Å²) in [6, 6.07) is 13.1. The van der Waals surface area contributed by atoms with Crippen LogP contribution in [0.1, 0.15) is 25.7 Å². The number of para-hydroxylation sites is 1. The van der Waals surface area contributed by atoms with Crippen molar-refractivity contribution in [1.82, 2.24) is 15.3 Å². The van der Waals surface area contributed by atoms with Crippen molar-refractivity contribution in [3.8, 4) is 0 Å². The van der Waals surface area contributed by atoms with Gasteiger partial charge in [-0.2, -0.15) is 4.98 Å². The van der Waals surface area contributed by atoms with Gasteiger partial charge in [-0.25, -0.2) is 9.37 Å². The van der Waals surface area contributed by atoms with Crippen LogP contribution < -0.4 is 20.9 Å². The average Bonchev–Trinajstić information content (AvgIpc) is 2.77. The van der Waals surface area contributed by atoms with E-state index in [-0.39, 0.29) is 11.9 Å². The second kappa shape index (κ2) is 9.95. The van der Waals surface area contributed by atoms with Gasteiger partial charge in [0.25, 0.3) is 0 Å². The lowest BCUT2D eigenvalue weighted by Gasteiger charge is -2.30. The van der Waals surface area contributed by atoms with Crippen LogP contribution in [0.15, 0.2) is 46.9 Å². The van der Waals surface area contributed by atoms with Crippen LogP contribution >= 0.6 is 28.1 Å². The summed E-state index contributed by atoms with van der Waals surface area (Å²) in [6.07, 6.45) is 3.91. The molecule has 4 rings (SSSR count). The van der Waals surface area contributed by atoms with E-state index in [1.165, 1.54) is 12.1 Å². The molecule has 1 heterocycles. The van der Waals surface area contributed by atoms with Gasteiger partial charge in [0.2, 0.25) is 5.95 Å². The largest absolute Gasteiger partial charge is 0.362 e. The first-order chi connectivity index (χ1) is 15.4. The van der Waals surface area contributed by atoms with E-state index in [1.54, 1.807) is 6.07 Å². The van der Waals surface area contributed by atoms with E-state index in [0.29, 0.717) is 22.8 Å². The number of hydrogen-bond donors (Lipinski definition) is 3. The van der Waals surface area contributed by atoms with E-state index in [1.807, 2.05) is 43.3 Å². The zero-order valence-corrected chi connectivity index (χ0v) is 20.4. The summed E-state index contributed by atoms with van der Waals surface area (Å²) in [6.45, 7) is 0. The quantitative estimate of drug-likeness (QED) is 0.397. The number of fused-ring (bicyclic) bond motifs is 1. The molecule has 2 aromatic carbocycles. The Bertz CT molecular complexity index is 1120. The maximum Gasteiger partial charge on any atom is 0.225 e. The third-order valence-corrected chi connectivity index (χ3v) is 6.49. The lowest BCUT2D eigenvalue weighted by molar-refractivity contribution is 0.387. The molecule has 0 atom stereocenters. The molecule has 3 aromatic rings. The Hall–Kier alpha value is -2.52. The summed E-state index contributed by atoms with van der Waals surface area (Å²) < 4.78 is 14.3. The number of anilines is 3. The Morgan fingerprint density at radius 1 is 1.06 bits per heavy atom. The molecule has 0 unspecified atom stereocenters. The van der Waals surface area contributed by atoms with E-state index in [4.69, 9.17) is 22.2 Å². The van der Waals surface area contributed by atoms with Gasteiger partial charge >= 0.3 is 0 Å². The zero-order valence-electron chi connectivity index (χ0n) is 18.0. The number of hydrogen-bond acceptors (Lipinski definition) is 5. The van der Waals surface area contributed by atoms with Crippen molar-refractivity contribution < 1.29 is 4.39 Å². The van der Waals surface area contributed by atoms with Crippen LogP contribution in [0.5, 0.6) is 0 Å². The Morgan fingerprint density at radius 2 is 1.78 bits per heavy atom. The highest BCUT2D eigenvalue weighted by molar-refractivity contribution is 9.10. The molecule has 0 radical (unpaired) electrons. The summed E-state index contributed by atoms with van der Waals surface area (Å²) in [5.41, 5.74) is 1.55. The molecule has 32 heavy (non-hydrogen) atoms. The van der Waals surface area contributed by atoms with Gasteiger partial charge in [0, 0.05) is 36.0 Å². The smallest absolute Gasteiger partial charge is 0.225 e. The Labute approximate surface area is 201 Å². The summed E-state index contributed by atoms with van der Waals surface area (Å²) in [4.78, 5) is 11.5. The molecule has 0 amide bonds. The third-order valence-electron chi connectivity index (χ3n) is 5.58. The van der Waals surface area contributed by atoms with Crippen molar-refractivity contribution in [2.45, 2.75) is 37.8 Å². The second-order valence-electron chi connectivity index (χ2n) is 8.20. The van der Waals surface area contributed by atoms with Crippen molar-refractivity contribution in [1.29, 1.82) is 0 Å². The molecule has 9 heteroatoms. The Balaban J connectivity index is 1.33. The van der Waals surface area contributed by atoms with Crippen LogP contribution in [-0.4, -0.2) is 41.3 Å². The normalized spacial score (nSPS) is 18.2. The van der Waals surface area contributed by atoms with Crippen molar-refractivity contribution >= 4 is 61.6 Å². The molecule has 0 aliphatic heterocycles. The SMILES string of the molecule is CN(C)c1nc(NC2CCC(NC(=S)Nc3cc(F)ccc3Br)CC2)nc2ccccc12. The van der Waals surface area contributed by atoms with Crippen LogP contribution in [0.3, 0.4) is 0 Å². The van der Waals surface area contributed by atoms with E-state index in [9.17, 15) is 4.39 Å². The lowest BCUT2D eigenvalue weighted by Crippen LogP contribution is -2.42. The summed E-state index contributed by atoms with van der Waals surface area (Å²) in [7, 11) is 3.99. The molecule has 6 nitrogen and oxygen atoms in total. The predicted molar refractivity (Wildman–Crippen MR) is 137 cm³/mol. The van der Waals surface area contributed by atoms with E-state index in [0.717, 1.165) is 46.9 Å². The van der Waals surface area contributed by atoms with Gasteiger partial charge in [-0.1, -0.05) is 12.1 Å². The number of nitrogens with zero attached hydrogens (tertiary/aromatic N) is 3. The van der Waals surface area contributed by atoms with Gasteiger partial charge in [0.1, 0.15) is 11.6 Å². The summed E-state index contributed by atoms with van der Waals surface area (Å²) >= 11 is 8.84. The minimum absolute atomic E-state index is 0.273. The average molecular weight is 517 g/mol. The highest BCUT2D eigenvalue weighted by Crippen LogP contribution is 2.27. The fourth-order valence-corrected chi connectivity index (χ4v) is 4.59. The standard InChI is InChI=1S/C23H26BrFN6S/c1-31(2)21-17-5-3-4-6-19(17)28-22(30-21)26-15-8-10-16(11-9-15)27-23(32)29-20-13-14(25)7-12-18(20)24/h3-7,12-13,15-16H,8-11H2,1-2H3,(H,26,28,30)(H2,27,29,32). The first kappa shape index (κ1) is 22.7. The molecule has 1 aliphatic rings. The number of halogens is 2. The number of nitrogens with one attached hydrogen (secondary N) is 3. The Kier molecular flexibility index (Phi) is 7.05. The molecule has 0 saturated heterocycles. The van der Waals surface area contributed by atoms with Gasteiger partial charge in [0.15, 0.2) is 5.11 Å². The van der Waals surface area contributed by atoms with Crippen molar-refractivity contribution in [2.75, 3.05) is 29.6 Å². The van der Waals surface area contributed by atoms with E-state index < -0.39 is 0 Å². The zero-order chi connectivity index (χ0) is 22.7. The van der Waals surface area contributed by atoms with Crippen molar-refractivity contribution in [3.05, 3.63) is 52.8 Å². The third kappa shape index (κ3) is 5.45. The lowest BCUT2D eigenvalue weighted by atomic mass is 9.91. The maximum atomic E-state index is 13.5. The van der Waals surface area contributed by atoms with Gasteiger partial charge in [-0.3, -0.25) is 0 Å². The predicted octanol–water partition coefficient (Wildman–Crippen LogP) is 5.31. The highest BCUT2D eigenvalue weighted by Gasteiger charge is 2.23. The van der Waals surface area contributed by atoms with Crippen LogP contribution in [0, 0.1) is 5.82 Å². The van der Waals surface area contributed by atoms with E-state index in [2.05, 4.69) is 31.9 Å². The molecular formula is C23H26BrFN6S. The molecule has 1 fully saturated rings. The topological polar surface area (TPSA) is 65.1 Å². The van der Waals surface area contributed by atoms with Crippen LogP contribution in [0.4, 0.5) is 21.8 Å². The molecule has 1 aromatic heterocycles. The Morgan fingerprint density at radius 3 is 2.53 bits per heavy atom. The molecule has 1 aliphatic carbocycles. The minimum Gasteiger partial charge on any atom is -0.362 e. The molecule has 3 N–H and O–H groups in total. The van der Waals surface area contributed by atoms with Crippen LogP contribution in [0.25, 0.3) is 10.9 Å². The number of aromatic nitrogens is 2. The molecular weight excluding hydrogens is 491 g/mol. The van der Waals surface area contributed by atoms with Gasteiger partial charge in [0.05, 0.1) is 11.2 Å². The van der Waals surface area contributed by atoms with E-state index >= 15 is 0 Å². The first-order valence-electron chi connectivity index (χ1n) is 10.6. The fraction of sp³-hybridized carbons (Fsp3) is 0.348.